The lowest BCUT2D eigenvalue weighted by molar-refractivity contribution is 0.756. The van der Waals surface area contributed by atoms with Crippen molar-refractivity contribution in [2.75, 3.05) is 5.32 Å². The first-order chi connectivity index (χ1) is 7.16. The minimum Gasteiger partial charge on any atom is -0.378 e. The highest BCUT2D eigenvalue weighted by Gasteiger charge is 2.04. The number of aryl methyl sites for hydroxylation is 3. The van der Waals surface area contributed by atoms with Gasteiger partial charge in [0.05, 0.1) is 17.6 Å². The third-order valence-electron chi connectivity index (χ3n) is 2.42. The van der Waals surface area contributed by atoms with Gasteiger partial charge in [0.2, 0.25) is 0 Å². The summed E-state index contributed by atoms with van der Waals surface area (Å²) in [5.74, 6) is 0. The summed E-state index contributed by atoms with van der Waals surface area (Å²) < 4.78 is 1.81. The van der Waals surface area contributed by atoms with Gasteiger partial charge in [-0.25, -0.2) is 0 Å². The summed E-state index contributed by atoms with van der Waals surface area (Å²) >= 11 is 0. The van der Waals surface area contributed by atoms with Crippen LogP contribution in [0.3, 0.4) is 0 Å². The fourth-order valence-electron chi connectivity index (χ4n) is 1.52. The minimum atomic E-state index is 0.773. The third kappa shape index (κ3) is 2.01. The molecule has 0 unspecified atom stereocenters. The Bertz CT molecular complexity index is 454. The number of anilines is 1. The first-order valence-electron chi connectivity index (χ1n) is 4.90. The van der Waals surface area contributed by atoms with E-state index in [2.05, 4.69) is 20.6 Å². The highest BCUT2D eigenvalue weighted by atomic mass is 15.3. The van der Waals surface area contributed by atoms with E-state index in [1.165, 1.54) is 5.56 Å². The molecule has 0 radical (unpaired) electrons. The smallest absolute Gasteiger partial charge is 0.0825 e. The average molecular weight is 205 g/mol. The van der Waals surface area contributed by atoms with Crippen molar-refractivity contribution in [3.63, 3.8) is 0 Å². The summed E-state index contributed by atoms with van der Waals surface area (Å²) in [7, 11) is 1.92. The molecule has 0 aliphatic heterocycles. The SMILES string of the molecule is Cc1nn(C)cc1NCc1cn[nH]c1C. The molecule has 80 valence electrons. The molecular formula is C10H15N5. The van der Waals surface area contributed by atoms with Crippen molar-refractivity contribution in [2.24, 2.45) is 7.05 Å². The number of nitrogens with zero attached hydrogens (tertiary/aromatic N) is 3. The Balaban J connectivity index is 2.05. The topological polar surface area (TPSA) is 58.5 Å². The zero-order chi connectivity index (χ0) is 10.8. The van der Waals surface area contributed by atoms with Crippen molar-refractivity contribution in [3.05, 3.63) is 29.3 Å². The predicted octanol–water partition coefficient (Wildman–Crippen LogP) is 1.37. The minimum absolute atomic E-state index is 0.773. The largest absolute Gasteiger partial charge is 0.378 e. The van der Waals surface area contributed by atoms with E-state index in [0.29, 0.717) is 0 Å². The van der Waals surface area contributed by atoms with E-state index in [9.17, 15) is 0 Å². The Kier molecular flexibility index (Phi) is 2.45. The summed E-state index contributed by atoms with van der Waals surface area (Å²) in [5.41, 5.74) is 4.36. The van der Waals surface area contributed by atoms with Crippen LogP contribution in [0.5, 0.6) is 0 Å². The highest BCUT2D eigenvalue weighted by Crippen LogP contribution is 2.13. The Labute approximate surface area is 88.5 Å². The fraction of sp³-hybridized carbons (Fsp3) is 0.400. The molecule has 2 rings (SSSR count). The van der Waals surface area contributed by atoms with E-state index in [-0.39, 0.29) is 0 Å². The van der Waals surface area contributed by atoms with Crippen molar-refractivity contribution in [1.82, 2.24) is 20.0 Å². The molecule has 5 heteroatoms. The van der Waals surface area contributed by atoms with E-state index in [1.54, 1.807) is 4.68 Å². The van der Waals surface area contributed by atoms with Crippen molar-refractivity contribution < 1.29 is 0 Å². The molecule has 0 bridgehead atoms. The molecule has 2 heterocycles. The lowest BCUT2D eigenvalue weighted by Gasteiger charge is -2.02. The number of rotatable bonds is 3. The van der Waals surface area contributed by atoms with Crippen molar-refractivity contribution in [3.8, 4) is 0 Å². The molecule has 0 saturated carbocycles. The summed E-state index contributed by atoms with van der Waals surface area (Å²) in [6.45, 7) is 4.78. The molecule has 0 aliphatic carbocycles. The van der Waals surface area contributed by atoms with Crippen LogP contribution in [0.1, 0.15) is 17.0 Å². The van der Waals surface area contributed by atoms with Gasteiger partial charge in [0.25, 0.3) is 0 Å². The molecule has 0 fully saturated rings. The maximum absolute atomic E-state index is 4.26. The average Bonchev–Trinajstić information content (AvgIpc) is 2.70. The molecule has 2 N–H and O–H groups in total. The molecule has 5 nitrogen and oxygen atoms in total. The van der Waals surface area contributed by atoms with Crippen LogP contribution in [0, 0.1) is 13.8 Å². The maximum Gasteiger partial charge on any atom is 0.0825 e. The Morgan fingerprint density at radius 3 is 2.80 bits per heavy atom. The van der Waals surface area contributed by atoms with Crippen LogP contribution in [0.4, 0.5) is 5.69 Å². The van der Waals surface area contributed by atoms with Gasteiger partial charge in [0, 0.05) is 31.0 Å². The second kappa shape index (κ2) is 3.76. The molecule has 15 heavy (non-hydrogen) atoms. The molecule has 0 aromatic carbocycles. The van der Waals surface area contributed by atoms with Crippen LogP contribution in [-0.2, 0) is 13.6 Å². The second-order valence-electron chi connectivity index (χ2n) is 3.68. The fourth-order valence-corrected chi connectivity index (χ4v) is 1.52. The van der Waals surface area contributed by atoms with Crippen LogP contribution < -0.4 is 5.32 Å². The van der Waals surface area contributed by atoms with Crippen LogP contribution in [0.15, 0.2) is 12.4 Å². The van der Waals surface area contributed by atoms with E-state index in [4.69, 9.17) is 0 Å². The summed E-state index contributed by atoms with van der Waals surface area (Å²) in [6.07, 6.45) is 3.82. The first kappa shape index (κ1) is 9.76. The van der Waals surface area contributed by atoms with Gasteiger partial charge in [-0.2, -0.15) is 10.2 Å². The summed E-state index contributed by atoms with van der Waals surface area (Å²) in [6, 6.07) is 0. The first-order valence-corrected chi connectivity index (χ1v) is 4.90. The molecular weight excluding hydrogens is 190 g/mol. The highest BCUT2D eigenvalue weighted by molar-refractivity contribution is 5.46. The third-order valence-corrected chi connectivity index (χ3v) is 2.42. The Morgan fingerprint density at radius 2 is 2.27 bits per heavy atom. The standard InChI is InChI=1S/C10H15N5/c1-7-9(5-12-13-7)4-11-10-6-15(3)14-8(10)2/h5-6,11H,4H2,1-3H3,(H,12,13). The van der Waals surface area contributed by atoms with Crippen LogP contribution in [0.2, 0.25) is 0 Å². The Hall–Kier alpha value is -1.78. The van der Waals surface area contributed by atoms with Gasteiger partial charge >= 0.3 is 0 Å². The quantitative estimate of drug-likeness (QED) is 0.795. The molecule has 2 aromatic rings. The number of hydrogen-bond donors (Lipinski definition) is 2. The van der Waals surface area contributed by atoms with Crippen LogP contribution >= 0.6 is 0 Å². The predicted molar refractivity (Wildman–Crippen MR) is 58.6 cm³/mol. The van der Waals surface area contributed by atoms with E-state index >= 15 is 0 Å². The molecule has 0 saturated heterocycles. The van der Waals surface area contributed by atoms with Gasteiger partial charge in [0.1, 0.15) is 0 Å². The molecule has 2 aromatic heterocycles. The van der Waals surface area contributed by atoms with Gasteiger partial charge in [-0.3, -0.25) is 9.78 Å². The summed E-state index contributed by atoms with van der Waals surface area (Å²) in [5, 5.41) is 14.5. The van der Waals surface area contributed by atoms with Gasteiger partial charge in [-0.1, -0.05) is 0 Å². The van der Waals surface area contributed by atoms with Gasteiger partial charge in [-0.05, 0) is 13.8 Å². The molecule has 0 aliphatic rings. The zero-order valence-electron chi connectivity index (χ0n) is 9.20. The number of nitrogens with one attached hydrogen (secondary N) is 2. The number of H-pyrrole nitrogens is 1. The molecule has 0 amide bonds. The van der Waals surface area contributed by atoms with Gasteiger partial charge in [0.15, 0.2) is 0 Å². The van der Waals surface area contributed by atoms with Crippen molar-refractivity contribution in [2.45, 2.75) is 20.4 Å². The normalized spacial score (nSPS) is 10.6. The molecule has 0 spiro atoms. The molecule has 0 atom stereocenters. The van der Waals surface area contributed by atoms with E-state index in [0.717, 1.165) is 23.6 Å². The summed E-state index contributed by atoms with van der Waals surface area (Å²) in [4.78, 5) is 0. The number of aromatic amines is 1. The van der Waals surface area contributed by atoms with E-state index in [1.807, 2.05) is 33.3 Å². The number of hydrogen-bond acceptors (Lipinski definition) is 3. The van der Waals surface area contributed by atoms with E-state index < -0.39 is 0 Å². The second-order valence-corrected chi connectivity index (χ2v) is 3.68. The zero-order valence-corrected chi connectivity index (χ0v) is 9.20. The lowest BCUT2D eigenvalue weighted by Crippen LogP contribution is -2.00. The Morgan fingerprint density at radius 1 is 1.47 bits per heavy atom. The van der Waals surface area contributed by atoms with Crippen LogP contribution in [0.25, 0.3) is 0 Å². The monoisotopic (exact) mass is 205 g/mol. The van der Waals surface area contributed by atoms with Crippen LogP contribution in [-0.4, -0.2) is 20.0 Å². The van der Waals surface area contributed by atoms with Crippen molar-refractivity contribution in [1.29, 1.82) is 0 Å². The van der Waals surface area contributed by atoms with Crippen molar-refractivity contribution >= 4 is 5.69 Å². The number of aromatic nitrogens is 4. The lowest BCUT2D eigenvalue weighted by atomic mass is 10.2. The van der Waals surface area contributed by atoms with Gasteiger partial charge < -0.3 is 5.32 Å². The maximum atomic E-state index is 4.26. The van der Waals surface area contributed by atoms with Gasteiger partial charge in [-0.15, -0.1) is 0 Å².